The first-order valence-electron chi connectivity index (χ1n) is 12.5. The molecule has 220 valence electrons. The summed E-state index contributed by atoms with van der Waals surface area (Å²) in [6.07, 6.45) is 0.874. The zero-order valence-electron chi connectivity index (χ0n) is 23.5. The molecule has 0 bridgehead atoms. The van der Waals surface area contributed by atoms with E-state index in [0.717, 1.165) is 0 Å². The molecule has 0 aromatic heterocycles. The SMILES string of the molecule is CC(C)(C)OC(=O)C(CN)NC(=O)CCCC(=O)O.CCC(NC(=O)CCCC(=O)O)C(=O)OC(C)(C)C. The Hall–Kier alpha value is -3.22. The highest BCUT2D eigenvalue weighted by molar-refractivity contribution is 5.85. The third kappa shape index (κ3) is 22.0. The van der Waals surface area contributed by atoms with Crippen molar-refractivity contribution in [3.05, 3.63) is 0 Å². The van der Waals surface area contributed by atoms with Crippen molar-refractivity contribution in [2.75, 3.05) is 6.54 Å². The Labute approximate surface area is 224 Å². The van der Waals surface area contributed by atoms with Gasteiger partial charge in [0.15, 0.2) is 0 Å². The number of rotatable bonds is 14. The maximum absolute atomic E-state index is 11.8. The number of hydrogen-bond donors (Lipinski definition) is 5. The van der Waals surface area contributed by atoms with Crippen molar-refractivity contribution in [1.82, 2.24) is 10.6 Å². The molecule has 0 rings (SSSR count). The lowest BCUT2D eigenvalue weighted by molar-refractivity contribution is -0.159. The molecule has 13 heteroatoms. The van der Waals surface area contributed by atoms with Crippen LogP contribution in [0.4, 0.5) is 0 Å². The summed E-state index contributed by atoms with van der Waals surface area (Å²) in [5, 5.41) is 21.9. The van der Waals surface area contributed by atoms with E-state index in [-0.39, 0.29) is 51.0 Å². The predicted molar refractivity (Wildman–Crippen MR) is 138 cm³/mol. The number of esters is 2. The molecule has 6 N–H and O–H groups in total. The Morgan fingerprint density at radius 3 is 1.32 bits per heavy atom. The van der Waals surface area contributed by atoms with Gasteiger partial charge in [0.25, 0.3) is 0 Å². The fraction of sp³-hybridized carbons (Fsp3) is 0.760. The highest BCUT2D eigenvalue weighted by atomic mass is 16.6. The Bertz CT molecular complexity index is 734. The highest BCUT2D eigenvalue weighted by Crippen LogP contribution is 2.10. The number of ether oxygens (including phenoxy) is 2. The molecular weight excluding hydrogens is 502 g/mol. The molecule has 0 saturated carbocycles. The van der Waals surface area contributed by atoms with E-state index in [1.165, 1.54) is 0 Å². The van der Waals surface area contributed by atoms with Gasteiger partial charge >= 0.3 is 23.9 Å². The van der Waals surface area contributed by atoms with Crippen LogP contribution in [-0.4, -0.2) is 75.7 Å². The second kappa shape index (κ2) is 18.1. The fourth-order valence-corrected chi connectivity index (χ4v) is 2.62. The Kier molecular flexibility index (Phi) is 17.6. The number of nitrogens with two attached hydrogens (primary N) is 1. The van der Waals surface area contributed by atoms with Gasteiger partial charge in [0.1, 0.15) is 23.3 Å². The van der Waals surface area contributed by atoms with E-state index in [1.54, 1.807) is 48.5 Å². The zero-order chi connectivity index (χ0) is 30.1. The van der Waals surface area contributed by atoms with Gasteiger partial charge in [0.2, 0.25) is 11.8 Å². The van der Waals surface area contributed by atoms with Gasteiger partial charge in [-0.2, -0.15) is 0 Å². The van der Waals surface area contributed by atoms with E-state index in [0.29, 0.717) is 6.42 Å². The van der Waals surface area contributed by atoms with Gasteiger partial charge in [-0.25, -0.2) is 9.59 Å². The highest BCUT2D eigenvalue weighted by Gasteiger charge is 2.26. The molecule has 0 saturated heterocycles. The third-order valence-electron chi connectivity index (χ3n) is 4.29. The Balaban J connectivity index is 0. The summed E-state index contributed by atoms with van der Waals surface area (Å²) in [6, 6.07) is -1.59. The van der Waals surface area contributed by atoms with E-state index in [4.69, 9.17) is 25.4 Å². The van der Waals surface area contributed by atoms with Crippen LogP contribution >= 0.6 is 0 Å². The van der Waals surface area contributed by atoms with E-state index >= 15 is 0 Å². The summed E-state index contributed by atoms with van der Waals surface area (Å²) in [5.74, 6) is -3.72. The minimum absolute atomic E-state index is 0.0333. The number of nitrogens with one attached hydrogen (secondary N) is 2. The number of carboxylic acids is 2. The van der Waals surface area contributed by atoms with Gasteiger partial charge in [-0.1, -0.05) is 6.92 Å². The first kappa shape index (κ1) is 36.9. The number of aliphatic carboxylic acids is 2. The molecular formula is C25H45N3O10. The first-order valence-corrected chi connectivity index (χ1v) is 12.5. The van der Waals surface area contributed by atoms with Crippen molar-refractivity contribution in [2.24, 2.45) is 5.73 Å². The van der Waals surface area contributed by atoms with Crippen LogP contribution in [0.1, 0.15) is 93.4 Å². The largest absolute Gasteiger partial charge is 0.481 e. The summed E-state index contributed by atoms with van der Waals surface area (Å²) in [6.45, 7) is 12.1. The van der Waals surface area contributed by atoms with Crippen molar-refractivity contribution in [2.45, 2.75) is 117 Å². The van der Waals surface area contributed by atoms with Crippen LogP contribution in [0, 0.1) is 0 Å². The molecule has 0 fully saturated rings. The smallest absolute Gasteiger partial charge is 0.330 e. The van der Waals surface area contributed by atoms with Crippen molar-refractivity contribution < 1.29 is 48.5 Å². The molecule has 0 aromatic rings. The second-order valence-electron chi connectivity index (χ2n) is 10.4. The number of carbonyl (C=O) groups is 6. The van der Waals surface area contributed by atoms with Crippen molar-refractivity contribution >= 4 is 35.7 Å². The minimum atomic E-state index is -0.963. The van der Waals surface area contributed by atoms with E-state index < -0.39 is 53.1 Å². The van der Waals surface area contributed by atoms with Crippen molar-refractivity contribution in [1.29, 1.82) is 0 Å². The van der Waals surface area contributed by atoms with Crippen LogP contribution in [0.15, 0.2) is 0 Å². The summed E-state index contributed by atoms with van der Waals surface area (Å²) >= 11 is 0. The average Bonchev–Trinajstić information content (AvgIpc) is 2.73. The van der Waals surface area contributed by atoms with Gasteiger partial charge in [-0.3, -0.25) is 19.2 Å². The standard InChI is InChI=1S/C13H23NO5.C12H22N2O5/c1-5-9(12(18)19-13(2,3)4)14-10(15)7-6-8-11(16)17;1-12(2,3)19-11(18)8(7-13)14-9(15)5-4-6-10(16)17/h9H,5-8H2,1-4H3,(H,14,15)(H,16,17);8H,4-7,13H2,1-3H3,(H,14,15)(H,16,17). The molecule has 0 aliphatic heterocycles. The van der Waals surface area contributed by atoms with Crippen LogP contribution in [0.2, 0.25) is 0 Å². The Morgan fingerprint density at radius 2 is 1.03 bits per heavy atom. The van der Waals surface area contributed by atoms with Gasteiger partial charge in [0, 0.05) is 32.2 Å². The Morgan fingerprint density at radius 1 is 0.684 bits per heavy atom. The van der Waals surface area contributed by atoms with Crippen LogP contribution in [0.5, 0.6) is 0 Å². The summed E-state index contributed by atoms with van der Waals surface area (Å²) in [7, 11) is 0. The average molecular weight is 548 g/mol. The van der Waals surface area contributed by atoms with Crippen molar-refractivity contribution in [3.63, 3.8) is 0 Å². The molecule has 0 spiro atoms. The maximum Gasteiger partial charge on any atom is 0.330 e. The van der Waals surface area contributed by atoms with Gasteiger partial charge in [-0.15, -0.1) is 0 Å². The van der Waals surface area contributed by atoms with Crippen LogP contribution < -0.4 is 16.4 Å². The van der Waals surface area contributed by atoms with Gasteiger partial charge in [0.05, 0.1) is 0 Å². The molecule has 0 heterocycles. The summed E-state index contributed by atoms with van der Waals surface area (Å²) in [5.41, 5.74) is 4.16. The molecule has 0 aliphatic rings. The van der Waals surface area contributed by atoms with Gasteiger partial charge < -0.3 is 36.1 Å². The fourth-order valence-electron chi connectivity index (χ4n) is 2.62. The van der Waals surface area contributed by atoms with Gasteiger partial charge in [-0.05, 0) is 60.8 Å². The third-order valence-corrected chi connectivity index (χ3v) is 4.29. The lowest BCUT2D eigenvalue weighted by Crippen LogP contribution is -2.48. The molecule has 0 aromatic carbocycles. The monoisotopic (exact) mass is 547 g/mol. The lowest BCUT2D eigenvalue weighted by atomic mass is 10.1. The number of carbonyl (C=O) groups excluding carboxylic acids is 4. The minimum Gasteiger partial charge on any atom is -0.481 e. The van der Waals surface area contributed by atoms with E-state index in [9.17, 15) is 28.8 Å². The first-order chi connectivity index (χ1) is 17.3. The molecule has 0 aliphatic carbocycles. The lowest BCUT2D eigenvalue weighted by Gasteiger charge is -2.23. The molecule has 0 radical (unpaired) electrons. The number of amides is 2. The second-order valence-corrected chi connectivity index (χ2v) is 10.4. The van der Waals surface area contributed by atoms with E-state index in [2.05, 4.69) is 10.6 Å². The van der Waals surface area contributed by atoms with Crippen LogP contribution in [-0.2, 0) is 38.2 Å². The van der Waals surface area contributed by atoms with Crippen LogP contribution in [0.25, 0.3) is 0 Å². The summed E-state index contributed by atoms with van der Waals surface area (Å²) < 4.78 is 10.3. The molecule has 2 amide bonds. The molecule has 38 heavy (non-hydrogen) atoms. The number of hydrogen-bond acceptors (Lipinski definition) is 9. The molecule has 2 unspecified atom stereocenters. The molecule has 13 nitrogen and oxygen atoms in total. The summed E-state index contributed by atoms with van der Waals surface area (Å²) in [4.78, 5) is 67.1. The quantitative estimate of drug-likeness (QED) is 0.197. The maximum atomic E-state index is 11.8. The predicted octanol–water partition coefficient (Wildman–Crippen LogP) is 1.50. The zero-order valence-corrected chi connectivity index (χ0v) is 23.5. The number of carboxylic acid groups (broad SMARTS) is 2. The van der Waals surface area contributed by atoms with E-state index in [1.807, 2.05) is 0 Å². The topological polar surface area (TPSA) is 211 Å². The van der Waals surface area contributed by atoms with Crippen molar-refractivity contribution in [3.8, 4) is 0 Å². The van der Waals surface area contributed by atoms with Crippen LogP contribution in [0.3, 0.4) is 0 Å². The normalized spacial score (nSPS) is 12.6. The molecule has 2 atom stereocenters.